The van der Waals surface area contributed by atoms with Crippen LogP contribution < -0.4 is 10.5 Å². The van der Waals surface area contributed by atoms with Crippen LogP contribution in [0.5, 0.6) is 0 Å². The Bertz CT molecular complexity index is 1550. The molecule has 1 aromatic heterocycles. The molecule has 0 radical (unpaired) electrons. The van der Waals surface area contributed by atoms with Crippen LogP contribution in [0, 0.1) is 5.92 Å². The smallest absolute Gasteiger partial charge is 0.254 e. The molecule has 214 valence electrons. The quantitative estimate of drug-likeness (QED) is 0.295. The van der Waals surface area contributed by atoms with E-state index in [0.717, 1.165) is 40.0 Å². The number of primary sulfonamides is 1. The Balaban J connectivity index is 1.42. The van der Waals surface area contributed by atoms with Crippen molar-refractivity contribution in [2.75, 3.05) is 38.6 Å². The van der Waals surface area contributed by atoms with Crippen molar-refractivity contribution in [1.82, 2.24) is 15.2 Å². The molecule has 1 aliphatic heterocycles. The number of aromatic nitrogens is 1. The number of rotatable bonds is 10. The number of hydrogen-bond acceptors (Lipinski definition) is 8. The number of fused-ring (bicyclic) bond motifs is 1. The van der Waals surface area contributed by atoms with Crippen LogP contribution in [0.1, 0.15) is 34.6 Å². The minimum absolute atomic E-state index is 0.0382. The Morgan fingerprint density at radius 1 is 1.15 bits per heavy atom. The number of benzene rings is 2. The van der Waals surface area contributed by atoms with Crippen LogP contribution in [-0.4, -0.2) is 77.5 Å². The Kier molecular flexibility index (Phi) is 8.36. The SMILES string of the molecule is NS(=O)(=O)CCNC(=O)C(CC1CC1)(c1nc2ccc(-c3ccc(C(=O)N4CCOCC4)cc3)cc2s1)S(=O)O. The standard InChI is InChI=1S/C26H30N4O7S3/c27-40(35,36)14-9-28-24(32)26(39(33)34,16-17-1-2-17)25-29-21-8-7-20(15-22(21)38-25)18-3-5-19(6-4-18)23(31)30-10-12-37-13-11-30/h3-8,15,17H,1-2,9-14,16H2,(H,28,32)(H,33,34)(H2,27,35,36). The van der Waals surface area contributed by atoms with Gasteiger partial charge < -0.3 is 19.5 Å². The number of carbonyl (C=O) groups excluding carboxylic acids is 2. The number of nitrogens with two attached hydrogens (primary N) is 1. The first-order valence-electron chi connectivity index (χ1n) is 12.8. The number of ether oxygens (including phenoxy) is 1. The number of thiazole rings is 1. The van der Waals surface area contributed by atoms with Crippen molar-refractivity contribution in [3.8, 4) is 11.1 Å². The zero-order chi connectivity index (χ0) is 28.5. The molecule has 11 nitrogen and oxygen atoms in total. The summed E-state index contributed by atoms with van der Waals surface area (Å²) in [5, 5.41) is 7.73. The molecule has 2 amide bonds. The molecule has 3 aromatic rings. The molecule has 5 rings (SSSR count). The molecular weight excluding hydrogens is 577 g/mol. The fourth-order valence-corrected chi connectivity index (χ4v) is 7.34. The summed E-state index contributed by atoms with van der Waals surface area (Å²) in [5.74, 6) is -1.18. The molecule has 2 unspecified atom stereocenters. The van der Waals surface area contributed by atoms with E-state index in [2.05, 4.69) is 10.3 Å². The number of nitrogens with zero attached hydrogens (tertiary/aromatic N) is 2. The topological polar surface area (TPSA) is 169 Å². The lowest BCUT2D eigenvalue weighted by Crippen LogP contribution is -2.49. The lowest BCUT2D eigenvalue weighted by molar-refractivity contribution is -0.124. The molecule has 1 saturated heterocycles. The van der Waals surface area contributed by atoms with E-state index in [1.165, 1.54) is 0 Å². The molecule has 2 atom stereocenters. The molecular formula is C26H30N4O7S3. The summed E-state index contributed by atoms with van der Waals surface area (Å²) in [5.41, 5.74) is 2.91. The van der Waals surface area contributed by atoms with Crippen molar-refractivity contribution in [1.29, 1.82) is 0 Å². The van der Waals surface area contributed by atoms with Crippen LogP contribution in [-0.2, 0) is 35.4 Å². The Labute approximate surface area is 238 Å². The molecule has 14 heteroatoms. The van der Waals surface area contributed by atoms with Gasteiger partial charge in [0.2, 0.25) is 20.7 Å². The summed E-state index contributed by atoms with van der Waals surface area (Å²) >= 11 is -1.45. The van der Waals surface area contributed by atoms with Crippen LogP contribution in [0.25, 0.3) is 21.3 Å². The predicted octanol–water partition coefficient (Wildman–Crippen LogP) is 2.06. The van der Waals surface area contributed by atoms with Gasteiger partial charge in [0.1, 0.15) is 5.01 Å². The highest BCUT2D eigenvalue weighted by molar-refractivity contribution is 7.89. The molecule has 40 heavy (non-hydrogen) atoms. The first kappa shape index (κ1) is 28.8. The lowest BCUT2D eigenvalue weighted by atomic mass is 10.0. The second-order valence-electron chi connectivity index (χ2n) is 10.0. The monoisotopic (exact) mass is 606 g/mol. The van der Waals surface area contributed by atoms with Crippen LogP contribution in [0.3, 0.4) is 0 Å². The van der Waals surface area contributed by atoms with Crippen molar-refractivity contribution in [3.05, 3.63) is 53.0 Å². The second-order valence-corrected chi connectivity index (χ2v) is 14.0. The highest BCUT2D eigenvalue weighted by atomic mass is 32.2. The second kappa shape index (κ2) is 11.6. The van der Waals surface area contributed by atoms with E-state index in [9.17, 15) is 26.8 Å². The van der Waals surface area contributed by atoms with E-state index in [1.807, 2.05) is 24.3 Å². The van der Waals surface area contributed by atoms with Crippen molar-refractivity contribution in [3.63, 3.8) is 0 Å². The van der Waals surface area contributed by atoms with Crippen LogP contribution in [0.15, 0.2) is 42.5 Å². The zero-order valence-electron chi connectivity index (χ0n) is 21.6. The number of sulfonamides is 1. The molecule has 2 fully saturated rings. The van der Waals surface area contributed by atoms with Crippen molar-refractivity contribution < 1.29 is 31.5 Å². The first-order chi connectivity index (χ1) is 19.1. The molecule has 2 heterocycles. The third kappa shape index (κ3) is 6.26. The fourth-order valence-electron chi connectivity index (χ4n) is 4.71. The third-order valence-corrected chi connectivity index (χ3v) is 10.3. The van der Waals surface area contributed by atoms with E-state index in [-0.39, 0.29) is 29.8 Å². The maximum absolute atomic E-state index is 13.4. The molecule has 4 N–H and O–H groups in total. The van der Waals surface area contributed by atoms with Gasteiger partial charge in [-0.1, -0.05) is 31.0 Å². The molecule has 2 aliphatic rings. The van der Waals surface area contributed by atoms with Gasteiger partial charge in [0.15, 0.2) is 11.1 Å². The molecule has 1 aliphatic carbocycles. The van der Waals surface area contributed by atoms with Crippen LogP contribution in [0.4, 0.5) is 0 Å². The highest BCUT2D eigenvalue weighted by Crippen LogP contribution is 2.46. The molecule has 2 aromatic carbocycles. The van der Waals surface area contributed by atoms with Crippen molar-refractivity contribution >= 4 is 54.5 Å². The van der Waals surface area contributed by atoms with E-state index in [0.29, 0.717) is 37.4 Å². The van der Waals surface area contributed by atoms with Gasteiger partial charge in [0, 0.05) is 25.2 Å². The van der Waals surface area contributed by atoms with Gasteiger partial charge in [-0.05, 0) is 47.7 Å². The van der Waals surface area contributed by atoms with Crippen molar-refractivity contribution in [2.24, 2.45) is 11.1 Å². The number of hydrogen-bond donors (Lipinski definition) is 3. The van der Waals surface area contributed by atoms with Crippen molar-refractivity contribution in [2.45, 2.75) is 24.0 Å². The van der Waals surface area contributed by atoms with E-state index >= 15 is 0 Å². The summed E-state index contributed by atoms with van der Waals surface area (Å²) in [6.07, 6.45) is 1.80. The average Bonchev–Trinajstić information content (AvgIpc) is 3.65. The van der Waals surface area contributed by atoms with E-state index in [1.54, 1.807) is 23.1 Å². The summed E-state index contributed by atoms with van der Waals surface area (Å²) in [6.45, 7) is 1.92. The molecule has 0 bridgehead atoms. The van der Waals surface area contributed by atoms with Crippen LogP contribution in [0.2, 0.25) is 0 Å². The van der Waals surface area contributed by atoms with Gasteiger partial charge in [-0.3, -0.25) is 9.59 Å². The largest absolute Gasteiger partial charge is 0.378 e. The maximum atomic E-state index is 13.4. The minimum atomic E-state index is -3.82. The van der Waals surface area contributed by atoms with Gasteiger partial charge in [-0.15, -0.1) is 11.3 Å². The normalized spacial score (nSPS) is 18.3. The zero-order valence-corrected chi connectivity index (χ0v) is 24.0. The average molecular weight is 607 g/mol. The van der Waals surface area contributed by atoms with Crippen LogP contribution >= 0.6 is 11.3 Å². The predicted molar refractivity (Wildman–Crippen MR) is 153 cm³/mol. The Morgan fingerprint density at radius 2 is 1.82 bits per heavy atom. The first-order valence-corrected chi connectivity index (χ1v) is 16.5. The molecule has 1 saturated carbocycles. The summed E-state index contributed by atoms with van der Waals surface area (Å²) in [6, 6.07) is 12.9. The minimum Gasteiger partial charge on any atom is -0.378 e. The lowest BCUT2D eigenvalue weighted by Gasteiger charge is -2.27. The Morgan fingerprint density at radius 3 is 2.45 bits per heavy atom. The van der Waals surface area contributed by atoms with Gasteiger partial charge in [-0.25, -0.2) is 22.7 Å². The molecule has 0 spiro atoms. The fraction of sp³-hybridized carbons (Fsp3) is 0.423. The number of nitrogens with one attached hydrogen (secondary N) is 1. The summed E-state index contributed by atoms with van der Waals surface area (Å²) < 4.78 is 50.1. The van der Waals surface area contributed by atoms with E-state index in [4.69, 9.17) is 9.88 Å². The summed E-state index contributed by atoms with van der Waals surface area (Å²) in [4.78, 5) is 32.5. The Hall–Kier alpha value is -2.75. The van der Waals surface area contributed by atoms with Gasteiger partial charge >= 0.3 is 0 Å². The summed E-state index contributed by atoms with van der Waals surface area (Å²) in [7, 11) is -3.82. The number of carbonyl (C=O) groups is 2. The number of amides is 2. The van der Waals surface area contributed by atoms with E-state index < -0.39 is 37.5 Å². The van der Waals surface area contributed by atoms with Gasteiger partial charge in [0.05, 0.1) is 29.2 Å². The third-order valence-electron chi connectivity index (χ3n) is 7.11. The maximum Gasteiger partial charge on any atom is 0.254 e. The highest BCUT2D eigenvalue weighted by Gasteiger charge is 2.52. The van der Waals surface area contributed by atoms with Gasteiger partial charge in [0.25, 0.3) is 5.91 Å². The van der Waals surface area contributed by atoms with Gasteiger partial charge in [-0.2, -0.15) is 0 Å². The number of morpholine rings is 1.